The van der Waals surface area contributed by atoms with E-state index in [1.807, 2.05) is 0 Å². The van der Waals surface area contributed by atoms with E-state index in [9.17, 15) is 18.0 Å². The normalized spacial score (nSPS) is 14.6. The van der Waals surface area contributed by atoms with Crippen molar-refractivity contribution in [2.24, 2.45) is 0 Å². The highest BCUT2D eigenvalue weighted by molar-refractivity contribution is 7.89. The van der Waals surface area contributed by atoms with Crippen molar-refractivity contribution < 1.29 is 18.0 Å². The van der Waals surface area contributed by atoms with Gasteiger partial charge in [0.15, 0.2) is 0 Å². The van der Waals surface area contributed by atoms with Crippen LogP contribution in [0.3, 0.4) is 0 Å². The molecular formula is C21H25N3O4S. The Balaban J connectivity index is 1.81. The Morgan fingerprint density at radius 1 is 1.00 bits per heavy atom. The van der Waals surface area contributed by atoms with Crippen molar-refractivity contribution in [1.82, 2.24) is 9.62 Å². The van der Waals surface area contributed by atoms with Gasteiger partial charge in [-0.1, -0.05) is 31.0 Å². The molecule has 2 aromatic carbocycles. The third-order valence-corrected chi connectivity index (χ3v) is 6.41. The number of carbonyl (C=O) groups is 2. The van der Waals surface area contributed by atoms with E-state index < -0.39 is 15.9 Å². The average molecular weight is 416 g/mol. The number of hydrogen-bond donors (Lipinski definition) is 2. The van der Waals surface area contributed by atoms with Crippen LogP contribution in [0.2, 0.25) is 0 Å². The Morgan fingerprint density at radius 2 is 1.69 bits per heavy atom. The van der Waals surface area contributed by atoms with E-state index in [0.29, 0.717) is 11.3 Å². The number of hydrogen-bond acceptors (Lipinski definition) is 4. The summed E-state index contributed by atoms with van der Waals surface area (Å²) in [5.74, 6) is -0.722. The summed E-state index contributed by atoms with van der Waals surface area (Å²) in [6.07, 6.45) is 3.69. The van der Waals surface area contributed by atoms with Gasteiger partial charge < -0.3 is 10.2 Å². The zero-order valence-corrected chi connectivity index (χ0v) is 17.3. The lowest BCUT2D eigenvalue weighted by Gasteiger charge is -2.15. The van der Waals surface area contributed by atoms with Gasteiger partial charge in [-0.15, -0.1) is 0 Å². The van der Waals surface area contributed by atoms with Crippen LogP contribution in [0.15, 0.2) is 53.4 Å². The monoisotopic (exact) mass is 415 g/mol. The number of rotatable bonds is 6. The van der Waals surface area contributed by atoms with Gasteiger partial charge in [0.2, 0.25) is 10.0 Å². The molecule has 0 saturated heterocycles. The fourth-order valence-corrected chi connectivity index (χ4v) is 4.70. The Labute approximate surface area is 171 Å². The summed E-state index contributed by atoms with van der Waals surface area (Å²) in [4.78, 5) is 26.5. The van der Waals surface area contributed by atoms with E-state index in [1.54, 1.807) is 44.4 Å². The highest BCUT2D eigenvalue weighted by Crippen LogP contribution is 2.22. The zero-order chi connectivity index (χ0) is 21.0. The van der Waals surface area contributed by atoms with Crippen molar-refractivity contribution >= 4 is 27.5 Å². The summed E-state index contributed by atoms with van der Waals surface area (Å²) in [7, 11) is -0.433. The van der Waals surface area contributed by atoms with Crippen molar-refractivity contribution in [3.8, 4) is 0 Å². The van der Waals surface area contributed by atoms with E-state index in [2.05, 4.69) is 10.0 Å². The maximum Gasteiger partial charge on any atom is 0.255 e. The number of anilines is 1. The second kappa shape index (κ2) is 8.75. The molecule has 8 heteroatoms. The second-order valence-corrected chi connectivity index (χ2v) is 9.04. The van der Waals surface area contributed by atoms with Crippen LogP contribution in [0, 0.1) is 0 Å². The average Bonchev–Trinajstić information content (AvgIpc) is 3.20. The quantitative estimate of drug-likeness (QED) is 0.758. The van der Waals surface area contributed by atoms with Crippen molar-refractivity contribution in [3.05, 3.63) is 59.7 Å². The molecule has 0 radical (unpaired) electrons. The van der Waals surface area contributed by atoms with E-state index >= 15 is 0 Å². The maximum atomic E-state index is 12.7. The van der Waals surface area contributed by atoms with Crippen LogP contribution in [-0.2, 0) is 10.0 Å². The summed E-state index contributed by atoms with van der Waals surface area (Å²) in [5.41, 5.74) is 0.928. The number of nitrogens with one attached hydrogen (secondary N) is 2. The number of benzene rings is 2. The van der Waals surface area contributed by atoms with Gasteiger partial charge in [0, 0.05) is 25.7 Å². The van der Waals surface area contributed by atoms with Crippen LogP contribution in [0.4, 0.5) is 5.69 Å². The van der Waals surface area contributed by atoms with Gasteiger partial charge in [-0.25, -0.2) is 13.1 Å². The molecule has 0 spiro atoms. The van der Waals surface area contributed by atoms with E-state index in [1.165, 1.54) is 23.1 Å². The first-order valence-electron chi connectivity index (χ1n) is 9.52. The molecule has 154 valence electrons. The lowest BCUT2D eigenvalue weighted by Crippen LogP contribution is -2.32. The molecule has 1 aliphatic carbocycles. The van der Waals surface area contributed by atoms with E-state index in [4.69, 9.17) is 0 Å². The fraction of sp³-hybridized carbons (Fsp3) is 0.333. The van der Waals surface area contributed by atoms with Gasteiger partial charge in [0.25, 0.3) is 11.8 Å². The summed E-state index contributed by atoms with van der Waals surface area (Å²) in [6, 6.07) is 12.5. The SMILES string of the molecule is CN(C)C(=O)c1ccccc1NC(=O)c1cccc(S(=O)(=O)NC2CCCC2)c1. The second-order valence-electron chi connectivity index (χ2n) is 7.33. The molecule has 7 nitrogen and oxygen atoms in total. The molecule has 0 atom stereocenters. The zero-order valence-electron chi connectivity index (χ0n) is 16.5. The van der Waals surface area contributed by atoms with Gasteiger partial charge in [-0.05, 0) is 43.2 Å². The van der Waals surface area contributed by atoms with Crippen LogP contribution in [-0.4, -0.2) is 45.3 Å². The molecule has 3 rings (SSSR count). The molecule has 1 fully saturated rings. The molecule has 0 aromatic heterocycles. The van der Waals surface area contributed by atoms with Crippen molar-refractivity contribution in [3.63, 3.8) is 0 Å². The fourth-order valence-electron chi connectivity index (χ4n) is 3.35. The highest BCUT2D eigenvalue weighted by Gasteiger charge is 2.24. The Hall–Kier alpha value is -2.71. The largest absolute Gasteiger partial charge is 0.345 e. The number of carbonyl (C=O) groups excluding carboxylic acids is 2. The molecule has 0 bridgehead atoms. The van der Waals surface area contributed by atoms with Gasteiger partial charge in [0.1, 0.15) is 0 Å². The molecule has 0 aliphatic heterocycles. The van der Waals surface area contributed by atoms with Crippen LogP contribution < -0.4 is 10.0 Å². The van der Waals surface area contributed by atoms with Crippen LogP contribution in [0.25, 0.3) is 0 Å². The molecule has 0 heterocycles. The summed E-state index contributed by atoms with van der Waals surface area (Å²) in [5, 5.41) is 2.71. The lowest BCUT2D eigenvalue weighted by molar-refractivity contribution is 0.0828. The number of para-hydroxylation sites is 1. The molecule has 29 heavy (non-hydrogen) atoms. The van der Waals surface area contributed by atoms with Gasteiger partial charge in [-0.3, -0.25) is 9.59 Å². The molecule has 0 unspecified atom stereocenters. The van der Waals surface area contributed by atoms with Crippen molar-refractivity contribution in [2.45, 2.75) is 36.6 Å². The van der Waals surface area contributed by atoms with E-state index in [0.717, 1.165) is 25.7 Å². The Bertz CT molecular complexity index is 1010. The molecule has 2 N–H and O–H groups in total. The smallest absolute Gasteiger partial charge is 0.255 e. The van der Waals surface area contributed by atoms with Gasteiger partial charge in [0.05, 0.1) is 16.1 Å². The standard InChI is InChI=1S/C21H25N3O4S/c1-24(2)21(26)18-12-5-6-13-19(18)22-20(25)15-8-7-11-17(14-15)29(27,28)23-16-9-3-4-10-16/h5-8,11-14,16,23H,3-4,9-10H2,1-2H3,(H,22,25). The first-order chi connectivity index (χ1) is 13.8. The topological polar surface area (TPSA) is 95.6 Å². The lowest BCUT2D eigenvalue weighted by atomic mass is 10.1. The molecule has 1 saturated carbocycles. The summed E-state index contributed by atoms with van der Waals surface area (Å²) >= 11 is 0. The van der Waals surface area contributed by atoms with E-state index in [-0.39, 0.29) is 22.4 Å². The van der Waals surface area contributed by atoms with Crippen LogP contribution >= 0.6 is 0 Å². The summed E-state index contributed by atoms with van der Waals surface area (Å²) < 4.78 is 28.0. The third kappa shape index (κ3) is 5.02. The molecular weight excluding hydrogens is 390 g/mol. The minimum Gasteiger partial charge on any atom is -0.345 e. The first kappa shape index (κ1) is 21.0. The predicted octanol–water partition coefficient (Wildman–Crippen LogP) is 2.86. The Kier molecular flexibility index (Phi) is 6.34. The highest BCUT2D eigenvalue weighted by atomic mass is 32.2. The number of amides is 2. The molecule has 1 aliphatic rings. The van der Waals surface area contributed by atoms with Crippen molar-refractivity contribution in [2.75, 3.05) is 19.4 Å². The molecule has 2 amide bonds. The minimum absolute atomic E-state index is 0.0507. The van der Waals surface area contributed by atoms with Crippen LogP contribution in [0.5, 0.6) is 0 Å². The number of sulfonamides is 1. The maximum absolute atomic E-state index is 12.7. The van der Waals surface area contributed by atoms with Gasteiger partial charge in [-0.2, -0.15) is 0 Å². The first-order valence-corrected chi connectivity index (χ1v) is 11.0. The molecule has 2 aromatic rings. The third-order valence-electron chi connectivity index (χ3n) is 4.90. The summed E-state index contributed by atoms with van der Waals surface area (Å²) in [6.45, 7) is 0. The van der Waals surface area contributed by atoms with Gasteiger partial charge >= 0.3 is 0 Å². The number of nitrogens with zero attached hydrogens (tertiary/aromatic N) is 1. The van der Waals surface area contributed by atoms with Crippen molar-refractivity contribution in [1.29, 1.82) is 0 Å². The van der Waals surface area contributed by atoms with Crippen LogP contribution in [0.1, 0.15) is 46.4 Å². The Morgan fingerprint density at radius 3 is 2.38 bits per heavy atom. The predicted molar refractivity (Wildman–Crippen MR) is 111 cm³/mol. The minimum atomic E-state index is -3.70.